The van der Waals surface area contributed by atoms with Gasteiger partial charge in [-0.05, 0) is 70.1 Å². The highest BCUT2D eigenvalue weighted by Gasteiger charge is 2.25. The second-order valence-corrected chi connectivity index (χ2v) is 6.20. The van der Waals surface area contributed by atoms with Gasteiger partial charge in [0, 0.05) is 13.7 Å². The average molecular weight is 254 g/mol. The molecular weight excluding hydrogens is 224 g/mol. The lowest BCUT2D eigenvalue weighted by Gasteiger charge is -2.36. The zero-order valence-corrected chi connectivity index (χ0v) is 12.2. The standard InChI is InChI=1S/C15H30N2O/c1-13-7-10-17(12-15(13)18-2)9-4-6-14-5-3-8-16-11-14/h13-16H,3-12H2,1-2H3. The molecule has 2 heterocycles. The third-order valence-corrected chi connectivity index (χ3v) is 4.76. The Morgan fingerprint density at radius 2 is 2.22 bits per heavy atom. The lowest BCUT2D eigenvalue weighted by Crippen LogP contribution is -2.44. The van der Waals surface area contributed by atoms with Gasteiger partial charge in [-0.1, -0.05) is 6.92 Å². The molecule has 3 nitrogen and oxygen atoms in total. The van der Waals surface area contributed by atoms with E-state index in [0.717, 1.165) is 18.4 Å². The lowest BCUT2D eigenvalue weighted by molar-refractivity contribution is -0.00556. The molecule has 1 N–H and O–H groups in total. The Balaban J connectivity index is 1.61. The van der Waals surface area contributed by atoms with Crippen molar-refractivity contribution in [1.29, 1.82) is 0 Å². The molecule has 0 saturated carbocycles. The maximum absolute atomic E-state index is 5.58. The fraction of sp³-hybridized carbons (Fsp3) is 1.00. The summed E-state index contributed by atoms with van der Waals surface area (Å²) >= 11 is 0. The van der Waals surface area contributed by atoms with E-state index < -0.39 is 0 Å². The van der Waals surface area contributed by atoms with Crippen LogP contribution in [0.3, 0.4) is 0 Å². The van der Waals surface area contributed by atoms with Crippen LogP contribution >= 0.6 is 0 Å². The number of nitrogens with zero attached hydrogens (tertiary/aromatic N) is 1. The van der Waals surface area contributed by atoms with E-state index in [-0.39, 0.29) is 0 Å². The first-order chi connectivity index (χ1) is 8.79. The van der Waals surface area contributed by atoms with E-state index in [9.17, 15) is 0 Å². The second-order valence-electron chi connectivity index (χ2n) is 6.20. The Bertz CT molecular complexity index is 229. The predicted molar refractivity (Wildman–Crippen MR) is 75.8 cm³/mol. The van der Waals surface area contributed by atoms with Gasteiger partial charge in [0.05, 0.1) is 6.10 Å². The summed E-state index contributed by atoms with van der Waals surface area (Å²) in [6.07, 6.45) is 7.31. The first-order valence-corrected chi connectivity index (χ1v) is 7.75. The van der Waals surface area contributed by atoms with E-state index in [1.807, 2.05) is 7.11 Å². The summed E-state index contributed by atoms with van der Waals surface area (Å²) in [6.45, 7) is 8.47. The summed E-state index contributed by atoms with van der Waals surface area (Å²) in [6, 6.07) is 0. The van der Waals surface area contributed by atoms with Crippen molar-refractivity contribution in [2.75, 3.05) is 39.8 Å². The maximum Gasteiger partial charge on any atom is 0.0724 e. The molecule has 0 amide bonds. The molecule has 0 aromatic rings. The van der Waals surface area contributed by atoms with Crippen LogP contribution in [0.1, 0.15) is 39.0 Å². The molecule has 2 saturated heterocycles. The summed E-state index contributed by atoms with van der Waals surface area (Å²) in [7, 11) is 1.86. The molecule has 106 valence electrons. The van der Waals surface area contributed by atoms with E-state index in [1.165, 1.54) is 58.3 Å². The monoisotopic (exact) mass is 254 g/mol. The fourth-order valence-electron chi connectivity index (χ4n) is 3.38. The second kappa shape index (κ2) is 7.46. The Kier molecular flexibility index (Phi) is 5.93. The van der Waals surface area contributed by atoms with Crippen LogP contribution in [0.15, 0.2) is 0 Å². The number of hydrogen-bond donors (Lipinski definition) is 1. The molecule has 0 bridgehead atoms. The highest BCUT2D eigenvalue weighted by atomic mass is 16.5. The lowest BCUT2D eigenvalue weighted by atomic mass is 9.93. The maximum atomic E-state index is 5.58. The molecule has 0 aromatic heterocycles. The zero-order valence-electron chi connectivity index (χ0n) is 12.2. The third kappa shape index (κ3) is 4.22. The topological polar surface area (TPSA) is 24.5 Å². The Morgan fingerprint density at radius 3 is 2.94 bits per heavy atom. The van der Waals surface area contributed by atoms with Crippen LogP contribution in [0, 0.1) is 11.8 Å². The van der Waals surface area contributed by atoms with Crippen molar-refractivity contribution in [3.05, 3.63) is 0 Å². The van der Waals surface area contributed by atoms with Crippen molar-refractivity contribution >= 4 is 0 Å². The molecule has 2 rings (SSSR count). The van der Waals surface area contributed by atoms with Gasteiger partial charge in [0.15, 0.2) is 0 Å². The van der Waals surface area contributed by atoms with Gasteiger partial charge < -0.3 is 15.0 Å². The van der Waals surface area contributed by atoms with Crippen molar-refractivity contribution in [3.63, 3.8) is 0 Å². The van der Waals surface area contributed by atoms with Crippen LogP contribution in [0.5, 0.6) is 0 Å². The summed E-state index contributed by atoms with van der Waals surface area (Å²) in [5.41, 5.74) is 0. The van der Waals surface area contributed by atoms with E-state index >= 15 is 0 Å². The highest BCUT2D eigenvalue weighted by Crippen LogP contribution is 2.21. The van der Waals surface area contributed by atoms with Gasteiger partial charge >= 0.3 is 0 Å². The minimum atomic E-state index is 0.454. The summed E-state index contributed by atoms with van der Waals surface area (Å²) in [5.74, 6) is 1.66. The smallest absolute Gasteiger partial charge is 0.0724 e. The number of methoxy groups -OCH3 is 1. The van der Waals surface area contributed by atoms with E-state index in [1.54, 1.807) is 0 Å². The molecule has 2 fully saturated rings. The molecule has 2 aliphatic heterocycles. The van der Waals surface area contributed by atoms with Gasteiger partial charge in [0.1, 0.15) is 0 Å². The average Bonchev–Trinajstić information content (AvgIpc) is 2.42. The molecular formula is C15H30N2O. The molecule has 2 aliphatic rings. The Labute approximate surface area is 112 Å². The van der Waals surface area contributed by atoms with Crippen LogP contribution in [0.2, 0.25) is 0 Å². The van der Waals surface area contributed by atoms with Crippen LogP contribution in [0.25, 0.3) is 0 Å². The number of hydrogen-bond acceptors (Lipinski definition) is 3. The summed E-state index contributed by atoms with van der Waals surface area (Å²) in [5, 5.41) is 3.51. The minimum Gasteiger partial charge on any atom is -0.380 e. The quantitative estimate of drug-likeness (QED) is 0.813. The Morgan fingerprint density at radius 1 is 1.33 bits per heavy atom. The largest absolute Gasteiger partial charge is 0.380 e. The molecule has 0 aromatic carbocycles. The van der Waals surface area contributed by atoms with Crippen molar-refractivity contribution in [2.45, 2.75) is 45.1 Å². The van der Waals surface area contributed by atoms with Gasteiger partial charge in [-0.3, -0.25) is 0 Å². The van der Waals surface area contributed by atoms with E-state index in [2.05, 4.69) is 17.1 Å². The SMILES string of the molecule is COC1CN(CCCC2CCCNC2)CCC1C. The summed E-state index contributed by atoms with van der Waals surface area (Å²) in [4.78, 5) is 2.60. The molecule has 3 atom stereocenters. The number of rotatable bonds is 5. The van der Waals surface area contributed by atoms with Crippen LogP contribution < -0.4 is 5.32 Å². The molecule has 3 unspecified atom stereocenters. The van der Waals surface area contributed by atoms with Gasteiger partial charge in [0.25, 0.3) is 0 Å². The zero-order chi connectivity index (χ0) is 12.8. The fourth-order valence-corrected chi connectivity index (χ4v) is 3.38. The number of likely N-dealkylation sites (tertiary alicyclic amines) is 1. The van der Waals surface area contributed by atoms with E-state index in [4.69, 9.17) is 4.74 Å². The van der Waals surface area contributed by atoms with Crippen LogP contribution in [0.4, 0.5) is 0 Å². The predicted octanol–water partition coefficient (Wildman–Crippen LogP) is 2.12. The summed E-state index contributed by atoms with van der Waals surface area (Å²) < 4.78 is 5.58. The number of piperidine rings is 2. The van der Waals surface area contributed by atoms with E-state index in [0.29, 0.717) is 6.10 Å². The minimum absolute atomic E-state index is 0.454. The van der Waals surface area contributed by atoms with Crippen LogP contribution in [-0.2, 0) is 4.74 Å². The van der Waals surface area contributed by atoms with Crippen LogP contribution in [-0.4, -0.2) is 50.8 Å². The molecule has 0 spiro atoms. The molecule has 3 heteroatoms. The first kappa shape index (κ1) is 14.3. The van der Waals surface area contributed by atoms with Gasteiger partial charge in [0.2, 0.25) is 0 Å². The van der Waals surface area contributed by atoms with Gasteiger partial charge in [-0.2, -0.15) is 0 Å². The van der Waals surface area contributed by atoms with Crippen molar-refractivity contribution in [2.24, 2.45) is 11.8 Å². The van der Waals surface area contributed by atoms with Gasteiger partial charge in [-0.15, -0.1) is 0 Å². The van der Waals surface area contributed by atoms with Gasteiger partial charge in [-0.25, -0.2) is 0 Å². The highest BCUT2D eigenvalue weighted by molar-refractivity contribution is 4.79. The molecule has 18 heavy (non-hydrogen) atoms. The van der Waals surface area contributed by atoms with Crippen molar-refractivity contribution in [3.8, 4) is 0 Å². The van der Waals surface area contributed by atoms with Crippen molar-refractivity contribution in [1.82, 2.24) is 10.2 Å². The number of nitrogens with one attached hydrogen (secondary N) is 1. The van der Waals surface area contributed by atoms with Crippen molar-refractivity contribution < 1.29 is 4.74 Å². The molecule has 0 radical (unpaired) electrons. The normalized spacial score (nSPS) is 34.7. The first-order valence-electron chi connectivity index (χ1n) is 7.75. The molecule has 0 aliphatic carbocycles. The Hall–Kier alpha value is -0.120. The third-order valence-electron chi connectivity index (χ3n) is 4.76. The number of ether oxygens (including phenoxy) is 1.